The van der Waals surface area contributed by atoms with E-state index in [2.05, 4.69) is 12.2 Å². The standard InChI is InChI=1S/C13H19ClN2O3/c1-2-4-10(7-8-17)9-15-13-11(14)5-3-6-12(13)16(18)19/h3,5-6,10,15,17H,2,4,7-9H2,1H3. The van der Waals surface area contributed by atoms with E-state index in [9.17, 15) is 10.1 Å². The molecule has 1 atom stereocenters. The molecular weight excluding hydrogens is 268 g/mol. The van der Waals surface area contributed by atoms with E-state index in [1.807, 2.05) is 0 Å². The first-order valence-corrected chi connectivity index (χ1v) is 6.75. The number of nitro benzene ring substituents is 1. The Balaban J connectivity index is 2.78. The number of benzene rings is 1. The molecule has 0 saturated heterocycles. The molecule has 0 radical (unpaired) electrons. The van der Waals surface area contributed by atoms with Crippen molar-refractivity contribution in [2.45, 2.75) is 26.2 Å². The Morgan fingerprint density at radius 1 is 1.47 bits per heavy atom. The molecule has 0 spiro atoms. The van der Waals surface area contributed by atoms with Crippen molar-refractivity contribution in [3.8, 4) is 0 Å². The topological polar surface area (TPSA) is 75.4 Å². The molecular formula is C13H19ClN2O3. The molecule has 0 aliphatic rings. The second-order valence-electron chi connectivity index (χ2n) is 4.44. The Morgan fingerprint density at radius 2 is 2.21 bits per heavy atom. The van der Waals surface area contributed by atoms with E-state index < -0.39 is 4.92 Å². The van der Waals surface area contributed by atoms with Gasteiger partial charge in [-0.05, 0) is 24.8 Å². The first kappa shape index (κ1) is 15.7. The first-order chi connectivity index (χ1) is 9.10. The van der Waals surface area contributed by atoms with Crippen LogP contribution in [0.2, 0.25) is 5.02 Å². The number of rotatable bonds is 8. The third kappa shape index (κ3) is 4.69. The monoisotopic (exact) mass is 286 g/mol. The maximum Gasteiger partial charge on any atom is 0.293 e. The summed E-state index contributed by atoms with van der Waals surface area (Å²) < 4.78 is 0. The van der Waals surface area contributed by atoms with Crippen LogP contribution in [0, 0.1) is 16.0 Å². The molecule has 0 aliphatic carbocycles. The molecule has 0 saturated carbocycles. The quantitative estimate of drug-likeness (QED) is 0.567. The van der Waals surface area contributed by atoms with Crippen molar-refractivity contribution in [3.05, 3.63) is 33.3 Å². The number of hydrogen-bond acceptors (Lipinski definition) is 4. The fourth-order valence-electron chi connectivity index (χ4n) is 2.03. The molecule has 0 aliphatic heterocycles. The normalized spacial score (nSPS) is 12.2. The van der Waals surface area contributed by atoms with E-state index in [0.29, 0.717) is 23.7 Å². The summed E-state index contributed by atoms with van der Waals surface area (Å²) in [5.41, 5.74) is 0.333. The van der Waals surface area contributed by atoms with Crippen LogP contribution in [0.25, 0.3) is 0 Å². The van der Waals surface area contributed by atoms with Crippen molar-refractivity contribution < 1.29 is 10.0 Å². The van der Waals surface area contributed by atoms with Gasteiger partial charge in [0.2, 0.25) is 0 Å². The number of aliphatic hydroxyl groups excluding tert-OH is 1. The molecule has 0 bridgehead atoms. The third-order valence-electron chi connectivity index (χ3n) is 2.99. The predicted molar refractivity (Wildman–Crippen MR) is 76.7 cm³/mol. The van der Waals surface area contributed by atoms with Gasteiger partial charge in [0.05, 0.1) is 9.95 Å². The Labute approximate surface area is 117 Å². The lowest BCUT2D eigenvalue weighted by molar-refractivity contribution is -0.383. The van der Waals surface area contributed by atoms with Crippen LogP contribution in [-0.4, -0.2) is 23.2 Å². The van der Waals surface area contributed by atoms with Crippen LogP contribution in [-0.2, 0) is 0 Å². The zero-order chi connectivity index (χ0) is 14.3. The minimum atomic E-state index is -0.449. The SMILES string of the molecule is CCCC(CCO)CNc1c(Cl)cccc1[N+](=O)[O-]. The van der Waals surface area contributed by atoms with Gasteiger partial charge in [0, 0.05) is 19.2 Å². The second kappa shape index (κ2) is 7.96. The van der Waals surface area contributed by atoms with Crippen LogP contribution in [0.5, 0.6) is 0 Å². The number of nitrogens with zero attached hydrogens (tertiary/aromatic N) is 1. The summed E-state index contributed by atoms with van der Waals surface area (Å²) in [6.45, 7) is 2.76. The highest BCUT2D eigenvalue weighted by Crippen LogP contribution is 2.32. The Bertz CT molecular complexity index is 420. The molecule has 0 amide bonds. The molecule has 19 heavy (non-hydrogen) atoms. The molecule has 6 heteroatoms. The van der Waals surface area contributed by atoms with Gasteiger partial charge in [-0.2, -0.15) is 0 Å². The Kier molecular flexibility index (Phi) is 6.59. The summed E-state index contributed by atoms with van der Waals surface area (Å²) in [7, 11) is 0. The van der Waals surface area contributed by atoms with E-state index in [1.165, 1.54) is 6.07 Å². The number of para-hydroxylation sites is 1. The zero-order valence-corrected chi connectivity index (χ0v) is 11.7. The minimum Gasteiger partial charge on any atom is -0.396 e. The van der Waals surface area contributed by atoms with Crippen LogP contribution in [0.3, 0.4) is 0 Å². The van der Waals surface area contributed by atoms with E-state index in [4.69, 9.17) is 16.7 Å². The highest BCUT2D eigenvalue weighted by Gasteiger charge is 2.17. The summed E-state index contributed by atoms with van der Waals surface area (Å²) in [4.78, 5) is 10.5. The third-order valence-corrected chi connectivity index (χ3v) is 3.31. The van der Waals surface area contributed by atoms with Crippen molar-refractivity contribution in [3.63, 3.8) is 0 Å². The molecule has 0 aromatic heterocycles. The largest absolute Gasteiger partial charge is 0.396 e. The fourth-order valence-corrected chi connectivity index (χ4v) is 2.26. The maximum atomic E-state index is 10.9. The average molecular weight is 287 g/mol. The predicted octanol–water partition coefficient (Wildman–Crippen LogP) is 3.46. The van der Waals surface area contributed by atoms with Crippen LogP contribution in [0.4, 0.5) is 11.4 Å². The Hall–Kier alpha value is -1.33. The molecule has 1 rings (SSSR count). The highest BCUT2D eigenvalue weighted by molar-refractivity contribution is 6.33. The molecule has 0 heterocycles. The average Bonchev–Trinajstić information content (AvgIpc) is 2.37. The summed E-state index contributed by atoms with van der Waals surface area (Å²) in [5, 5.41) is 23.3. The summed E-state index contributed by atoms with van der Waals surface area (Å²) >= 11 is 5.99. The highest BCUT2D eigenvalue weighted by atomic mass is 35.5. The van der Waals surface area contributed by atoms with E-state index in [1.54, 1.807) is 12.1 Å². The van der Waals surface area contributed by atoms with Crippen molar-refractivity contribution in [2.24, 2.45) is 5.92 Å². The lowest BCUT2D eigenvalue weighted by atomic mass is 10.00. The van der Waals surface area contributed by atoms with Crippen LogP contribution in [0.1, 0.15) is 26.2 Å². The zero-order valence-electron chi connectivity index (χ0n) is 10.9. The molecule has 0 fully saturated rings. The van der Waals surface area contributed by atoms with Crippen molar-refractivity contribution in [1.82, 2.24) is 0 Å². The van der Waals surface area contributed by atoms with Gasteiger partial charge in [0.1, 0.15) is 5.69 Å². The first-order valence-electron chi connectivity index (χ1n) is 6.37. The molecule has 2 N–H and O–H groups in total. The summed E-state index contributed by atoms with van der Waals surface area (Å²) in [6, 6.07) is 4.61. The van der Waals surface area contributed by atoms with Gasteiger partial charge >= 0.3 is 0 Å². The van der Waals surface area contributed by atoms with E-state index in [0.717, 1.165) is 12.8 Å². The minimum absolute atomic E-state index is 0.0215. The van der Waals surface area contributed by atoms with Gasteiger partial charge < -0.3 is 10.4 Å². The van der Waals surface area contributed by atoms with Crippen LogP contribution in [0.15, 0.2) is 18.2 Å². The van der Waals surface area contributed by atoms with E-state index in [-0.39, 0.29) is 18.2 Å². The number of aliphatic hydroxyl groups is 1. The molecule has 5 nitrogen and oxygen atoms in total. The lowest BCUT2D eigenvalue weighted by Gasteiger charge is -2.17. The lowest BCUT2D eigenvalue weighted by Crippen LogP contribution is -2.16. The van der Waals surface area contributed by atoms with Crippen LogP contribution >= 0.6 is 11.6 Å². The molecule has 1 aromatic carbocycles. The van der Waals surface area contributed by atoms with Crippen molar-refractivity contribution in [1.29, 1.82) is 0 Å². The number of nitro groups is 1. The van der Waals surface area contributed by atoms with Gasteiger partial charge in [0.25, 0.3) is 5.69 Å². The van der Waals surface area contributed by atoms with Gasteiger partial charge in [0.15, 0.2) is 0 Å². The summed E-state index contributed by atoms with van der Waals surface area (Å²) in [5.74, 6) is 0.283. The smallest absolute Gasteiger partial charge is 0.293 e. The summed E-state index contributed by atoms with van der Waals surface area (Å²) in [6.07, 6.45) is 2.65. The van der Waals surface area contributed by atoms with Gasteiger partial charge in [-0.15, -0.1) is 0 Å². The Morgan fingerprint density at radius 3 is 2.79 bits per heavy atom. The van der Waals surface area contributed by atoms with E-state index >= 15 is 0 Å². The van der Waals surface area contributed by atoms with Gasteiger partial charge in [-0.3, -0.25) is 10.1 Å². The number of nitrogens with one attached hydrogen (secondary N) is 1. The van der Waals surface area contributed by atoms with Crippen molar-refractivity contribution >= 4 is 23.0 Å². The molecule has 1 unspecified atom stereocenters. The number of anilines is 1. The number of halogens is 1. The maximum absolute atomic E-state index is 10.9. The molecule has 1 aromatic rings. The van der Waals surface area contributed by atoms with Crippen LogP contribution < -0.4 is 5.32 Å². The van der Waals surface area contributed by atoms with Gasteiger partial charge in [-0.1, -0.05) is 31.0 Å². The number of hydrogen-bond donors (Lipinski definition) is 2. The fraction of sp³-hybridized carbons (Fsp3) is 0.538. The second-order valence-corrected chi connectivity index (χ2v) is 4.85. The van der Waals surface area contributed by atoms with Crippen molar-refractivity contribution in [2.75, 3.05) is 18.5 Å². The molecule has 106 valence electrons. The van der Waals surface area contributed by atoms with Gasteiger partial charge in [-0.25, -0.2) is 0 Å².